The highest BCUT2D eigenvalue weighted by Crippen LogP contribution is 2.31. The van der Waals surface area contributed by atoms with Gasteiger partial charge in [0.05, 0.1) is 17.6 Å². The average Bonchev–Trinajstić information content (AvgIpc) is 2.99. The summed E-state index contributed by atoms with van der Waals surface area (Å²) in [5.41, 5.74) is 0.216. The number of hydrogen-bond donors (Lipinski definition) is 0. The maximum Gasteiger partial charge on any atom is 0.299 e. The molecular formula is C13H10FN3O2. The molecule has 1 aliphatic rings. The van der Waals surface area contributed by atoms with Crippen LogP contribution in [0.5, 0.6) is 0 Å². The van der Waals surface area contributed by atoms with Gasteiger partial charge in [0.15, 0.2) is 0 Å². The van der Waals surface area contributed by atoms with Crippen molar-refractivity contribution in [1.82, 2.24) is 9.55 Å². The number of Topliss-reactive ketones (excluding diaryl/α,β-unsaturated/α-hetero) is 1. The molecule has 5 nitrogen and oxygen atoms in total. The van der Waals surface area contributed by atoms with Crippen LogP contribution < -0.4 is 4.90 Å². The van der Waals surface area contributed by atoms with E-state index in [2.05, 4.69) is 4.98 Å². The lowest BCUT2D eigenvalue weighted by Gasteiger charge is -2.17. The number of anilines is 1. The summed E-state index contributed by atoms with van der Waals surface area (Å²) in [5.74, 6) is -1.89. The molecule has 0 atom stereocenters. The Kier molecular flexibility index (Phi) is 2.63. The van der Waals surface area contributed by atoms with Crippen molar-refractivity contribution in [2.75, 3.05) is 11.4 Å². The lowest BCUT2D eigenvalue weighted by atomic mass is 10.1. The zero-order valence-corrected chi connectivity index (χ0v) is 9.91. The SMILES string of the molecule is O=C1C(=O)N(CCn2ccnc2)c2c(F)cccc21. The first kappa shape index (κ1) is 11.6. The minimum absolute atomic E-state index is 0.0811. The standard InChI is InChI=1S/C13H10FN3O2/c14-10-3-1-2-9-11(10)17(13(19)12(9)18)7-6-16-5-4-15-8-16/h1-5,8H,6-7H2. The summed E-state index contributed by atoms with van der Waals surface area (Å²) < 4.78 is 15.5. The summed E-state index contributed by atoms with van der Waals surface area (Å²) in [6, 6.07) is 4.14. The lowest BCUT2D eigenvalue weighted by molar-refractivity contribution is -0.114. The molecule has 19 heavy (non-hydrogen) atoms. The molecule has 0 spiro atoms. The van der Waals surface area contributed by atoms with Gasteiger partial charge in [0.25, 0.3) is 11.7 Å². The van der Waals surface area contributed by atoms with Gasteiger partial charge in [0.2, 0.25) is 0 Å². The Hall–Kier alpha value is -2.50. The van der Waals surface area contributed by atoms with Gasteiger partial charge < -0.3 is 9.47 Å². The van der Waals surface area contributed by atoms with Gasteiger partial charge >= 0.3 is 0 Å². The molecule has 1 aromatic carbocycles. The number of aromatic nitrogens is 2. The fourth-order valence-corrected chi connectivity index (χ4v) is 2.16. The molecule has 0 radical (unpaired) electrons. The molecule has 0 saturated carbocycles. The number of para-hydroxylation sites is 1. The number of hydrogen-bond acceptors (Lipinski definition) is 3. The van der Waals surface area contributed by atoms with E-state index >= 15 is 0 Å². The molecule has 6 heteroatoms. The van der Waals surface area contributed by atoms with Crippen LogP contribution in [0.3, 0.4) is 0 Å². The molecule has 0 bridgehead atoms. The third-order valence-corrected chi connectivity index (χ3v) is 3.08. The van der Waals surface area contributed by atoms with Crippen LogP contribution in [0.2, 0.25) is 0 Å². The third kappa shape index (κ3) is 1.81. The summed E-state index contributed by atoms with van der Waals surface area (Å²) in [6.07, 6.45) is 4.96. The predicted octanol–water partition coefficient (Wildman–Crippen LogP) is 1.25. The fraction of sp³-hybridized carbons (Fsp3) is 0.154. The molecular weight excluding hydrogens is 249 g/mol. The minimum Gasteiger partial charge on any atom is -0.336 e. The average molecular weight is 259 g/mol. The first-order chi connectivity index (χ1) is 9.18. The van der Waals surface area contributed by atoms with Crippen molar-refractivity contribution < 1.29 is 14.0 Å². The monoisotopic (exact) mass is 259 g/mol. The molecule has 2 aromatic rings. The number of fused-ring (bicyclic) bond motifs is 1. The van der Waals surface area contributed by atoms with Crippen molar-refractivity contribution in [3.8, 4) is 0 Å². The molecule has 0 N–H and O–H groups in total. The summed E-state index contributed by atoms with van der Waals surface area (Å²) in [4.78, 5) is 28.7. The number of carbonyl (C=O) groups excluding carboxylic acids is 2. The van der Waals surface area contributed by atoms with Crippen molar-refractivity contribution in [2.24, 2.45) is 0 Å². The minimum atomic E-state index is -0.680. The Morgan fingerprint density at radius 2 is 2.05 bits per heavy atom. The van der Waals surface area contributed by atoms with Crippen molar-refractivity contribution in [2.45, 2.75) is 6.54 Å². The largest absolute Gasteiger partial charge is 0.336 e. The molecule has 96 valence electrons. The molecule has 1 aliphatic heterocycles. The highest BCUT2D eigenvalue weighted by Gasteiger charge is 2.37. The van der Waals surface area contributed by atoms with E-state index in [1.165, 1.54) is 23.1 Å². The van der Waals surface area contributed by atoms with Crippen LogP contribution in [-0.2, 0) is 11.3 Å². The fourth-order valence-electron chi connectivity index (χ4n) is 2.16. The van der Waals surface area contributed by atoms with Crippen molar-refractivity contribution >= 4 is 17.4 Å². The number of ketones is 1. The van der Waals surface area contributed by atoms with Crippen LogP contribution in [0.1, 0.15) is 10.4 Å². The summed E-state index contributed by atoms with van der Waals surface area (Å²) in [7, 11) is 0. The van der Waals surface area contributed by atoms with Gasteiger partial charge in [-0.15, -0.1) is 0 Å². The zero-order chi connectivity index (χ0) is 13.4. The lowest BCUT2D eigenvalue weighted by Crippen LogP contribution is -2.33. The molecule has 0 saturated heterocycles. The maximum absolute atomic E-state index is 13.8. The van der Waals surface area contributed by atoms with Crippen molar-refractivity contribution in [3.05, 3.63) is 48.3 Å². The Morgan fingerprint density at radius 3 is 2.79 bits per heavy atom. The smallest absolute Gasteiger partial charge is 0.299 e. The van der Waals surface area contributed by atoms with Crippen LogP contribution in [-0.4, -0.2) is 27.8 Å². The van der Waals surface area contributed by atoms with Crippen LogP contribution in [0, 0.1) is 5.82 Å². The van der Waals surface area contributed by atoms with Gasteiger partial charge in [-0.05, 0) is 12.1 Å². The van der Waals surface area contributed by atoms with E-state index in [-0.39, 0.29) is 17.8 Å². The maximum atomic E-state index is 13.8. The topological polar surface area (TPSA) is 55.2 Å². The second-order valence-corrected chi connectivity index (χ2v) is 4.22. The molecule has 1 aromatic heterocycles. The van der Waals surface area contributed by atoms with Crippen LogP contribution >= 0.6 is 0 Å². The van der Waals surface area contributed by atoms with Gasteiger partial charge in [-0.2, -0.15) is 0 Å². The highest BCUT2D eigenvalue weighted by molar-refractivity contribution is 6.52. The summed E-state index contributed by atoms with van der Waals surface area (Å²) >= 11 is 0. The number of imidazole rings is 1. The van der Waals surface area contributed by atoms with E-state index in [9.17, 15) is 14.0 Å². The Morgan fingerprint density at radius 1 is 1.21 bits per heavy atom. The molecule has 0 aliphatic carbocycles. The molecule has 3 rings (SSSR count). The molecule has 1 amide bonds. The predicted molar refractivity (Wildman–Crippen MR) is 65.3 cm³/mol. The first-order valence-electron chi connectivity index (χ1n) is 5.79. The van der Waals surface area contributed by atoms with E-state index in [1.807, 2.05) is 0 Å². The van der Waals surface area contributed by atoms with Crippen LogP contribution in [0.25, 0.3) is 0 Å². The van der Waals surface area contributed by atoms with Gasteiger partial charge in [-0.25, -0.2) is 9.37 Å². The van der Waals surface area contributed by atoms with Crippen LogP contribution in [0.15, 0.2) is 36.9 Å². The van der Waals surface area contributed by atoms with Gasteiger partial charge in [0, 0.05) is 25.5 Å². The number of carbonyl (C=O) groups is 2. The van der Waals surface area contributed by atoms with Gasteiger partial charge in [0.1, 0.15) is 5.82 Å². The second-order valence-electron chi connectivity index (χ2n) is 4.22. The van der Waals surface area contributed by atoms with Crippen molar-refractivity contribution in [3.63, 3.8) is 0 Å². The molecule has 0 fully saturated rings. The number of benzene rings is 1. The Bertz CT molecular complexity index is 652. The van der Waals surface area contributed by atoms with Gasteiger partial charge in [-0.1, -0.05) is 6.07 Å². The van der Waals surface area contributed by atoms with Gasteiger partial charge in [-0.3, -0.25) is 9.59 Å². The summed E-state index contributed by atoms with van der Waals surface area (Å²) in [6.45, 7) is 0.682. The van der Waals surface area contributed by atoms with Crippen molar-refractivity contribution in [1.29, 1.82) is 0 Å². The number of rotatable bonds is 3. The zero-order valence-electron chi connectivity index (χ0n) is 9.91. The number of nitrogens with zero attached hydrogens (tertiary/aromatic N) is 3. The summed E-state index contributed by atoms with van der Waals surface area (Å²) in [5, 5.41) is 0. The Labute approximate surface area is 108 Å². The van der Waals surface area contributed by atoms with E-state index in [0.29, 0.717) is 6.54 Å². The second kappa shape index (κ2) is 4.31. The van der Waals surface area contributed by atoms with E-state index in [0.717, 1.165) is 0 Å². The number of amides is 1. The van der Waals surface area contributed by atoms with E-state index < -0.39 is 17.5 Å². The normalized spacial score (nSPS) is 14.1. The highest BCUT2D eigenvalue weighted by atomic mass is 19.1. The van der Waals surface area contributed by atoms with E-state index in [1.54, 1.807) is 23.3 Å². The Balaban J connectivity index is 1.90. The van der Waals surface area contributed by atoms with E-state index in [4.69, 9.17) is 0 Å². The molecule has 2 heterocycles. The number of halogens is 1. The molecule has 0 unspecified atom stereocenters. The third-order valence-electron chi connectivity index (χ3n) is 3.08. The quantitative estimate of drug-likeness (QED) is 0.779. The first-order valence-corrected chi connectivity index (χ1v) is 5.79. The van der Waals surface area contributed by atoms with Crippen LogP contribution in [0.4, 0.5) is 10.1 Å².